The molecule has 0 saturated heterocycles. The predicted octanol–water partition coefficient (Wildman–Crippen LogP) is 1.03. The third-order valence-corrected chi connectivity index (χ3v) is 3.11. The fraction of sp³-hybridized carbons (Fsp3) is 0.917. The summed E-state index contributed by atoms with van der Waals surface area (Å²) in [6.45, 7) is 3.93. The molecule has 1 saturated carbocycles. The fourth-order valence-electron chi connectivity index (χ4n) is 1.86. The highest BCUT2D eigenvalue weighted by molar-refractivity contribution is 5.77. The molecule has 1 aliphatic carbocycles. The molecule has 0 heterocycles. The van der Waals surface area contributed by atoms with Crippen molar-refractivity contribution < 1.29 is 0 Å². The monoisotopic (exact) mass is 226 g/mol. The summed E-state index contributed by atoms with van der Waals surface area (Å²) in [4.78, 5) is 6.68. The van der Waals surface area contributed by atoms with Crippen LogP contribution in [0.3, 0.4) is 0 Å². The van der Waals surface area contributed by atoms with Gasteiger partial charge >= 0.3 is 0 Å². The van der Waals surface area contributed by atoms with Crippen LogP contribution >= 0.6 is 0 Å². The van der Waals surface area contributed by atoms with E-state index in [9.17, 15) is 0 Å². The van der Waals surface area contributed by atoms with E-state index in [0.717, 1.165) is 25.4 Å². The molecule has 0 aromatic heterocycles. The van der Waals surface area contributed by atoms with E-state index in [0.29, 0.717) is 12.0 Å². The van der Waals surface area contributed by atoms with E-state index in [1.165, 1.54) is 19.3 Å². The van der Waals surface area contributed by atoms with Gasteiger partial charge in [0, 0.05) is 12.6 Å². The molecule has 1 atom stereocenters. The molecule has 0 aliphatic heterocycles. The Labute approximate surface area is 99.3 Å². The highest BCUT2D eigenvalue weighted by Gasteiger charge is 2.32. The van der Waals surface area contributed by atoms with Crippen LogP contribution < -0.4 is 11.1 Å². The number of nitrogens with two attached hydrogens (primary N) is 1. The fourth-order valence-corrected chi connectivity index (χ4v) is 1.86. The number of aliphatic imine (C=N–C) groups is 1. The lowest BCUT2D eigenvalue weighted by Gasteiger charge is -2.22. The first-order valence-electron chi connectivity index (χ1n) is 6.35. The summed E-state index contributed by atoms with van der Waals surface area (Å²) < 4.78 is 0. The first-order valence-corrected chi connectivity index (χ1v) is 6.35. The smallest absolute Gasteiger partial charge is 0.188 e. The maximum Gasteiger partial charge on any atom is 0.188 e. The van der Waals surface area contributed by atoms with Gasteiger partial charge in [0.1, 0.15) is 0 Å². The van der Waals surface area contributed by atoms with Gasteiger partial charge in [-0.05, 0) is 39.3 Å². The van der Waals surface area contributed by atoms with Crippen LogP contribution in [-0.4, -0.2) is 44.1 Å². The van der Waals surface area contributed by atoms with Crippen LogP contribution in [0.2, 0.25) is 0 Å². The van der Waals surface area contributed by atoms with E-state index in [2.05, 4.69) is 36.2 Å². The van der Waals surface area contributed by atoms with Gasteiger partial charge in [0.15, 0.2) is 5.96 Å². The van der Waals surface area contributed by atoms with Crippen molar-refractivity contribution in [2.45, 2.75) is 38.6 Å². The van der Waals surface area contributed by atoms with Gasteiger partial charge in [-0.1, -0.05) is 13.3 Å². The molecule has 0 aromatic carbocycles. The minimum atomic E-state index is 0.562. The first-order chi connectivity index (χ1) is 7.65. The Hall–Kier alpha value is -0.770. The second-order valence-electron chi connectivity index (χ2n) is 4.87. The molecule has 0 amide bonds. The van der Waals surface area contributed by atoms with Crippen molar-refractivity contribution in [3.05, 3.63) is 0 Å². The Morgan fingerprint density at radius 3 is 2.69 bits per heavy atom. The number of likely N-dealkylation sites (N-methyl/N-ethyl adjacent to an activating group) is 1. The predicted molar refractivity (Wildman–Crippen MR) is 69.6 cm³/mol. The second kappa shape index (κ2) is 6.74. The molecule has 1 fully saturated rings. The number of guanidine groups is 1. The normalized spacial score (nSPS) is 18.9. The summed E-state index contributed by atoms with van der Waals surface area (Å²) in [5, 5.41) is 3.15. The van der Waals surface area contributed by atoms with E-state index in [1.54, 1.807) is 0 Å². The van der Waals surface area contributed by atoms with Crippen LogP contribution in [0, 0.1) is 5.92 Å². The second-order valence-corrected chi connectivity index (χ2v) is 4.87. The zero-order valence-electron chi connectivity index (χ0n) is 10.9. The standard InChI is InChI=1S/C12H26N4/c1-4-5-8-14-12(13)15-9-11(16(2)3)10-6-7-10/h10-11H,4-9H2,1-3H3,(H3,13,14,15). The lowest BCUT2D eigenvalue weighted by atomic mass is 10.2. The number of nitrogens with zero attached hydrogens (tertiary/aromatic N) is 2. The van der Waals surface area contributed by atoms with Crippen LogP contribution in [0.5, 0.6) is 0 Å². The number of nitrogens with one attached hydrogen (secondary N) is 1. The summed E-state index contributed by atoms with van der Waals surface area (Å²) in [7, 11) is 4.25. The van der Waals surface area contributed by atoms with E-state index in [4.69, 9.17) is 5.73 Å². The molecule has 3 N–H and O–H groups in total. The highest BCUT2D eigenvalue weighted by atomic mass is 15.1. The largest absolute Gasteiger partial charge is 0.370 e. The lowest BCUT2D eigenvalue weighted by molar-refractivity contribution is 0.271. The SMILES string of the molecule is CCCCNC(N)=NCC(C1CC1)N(C)C. The van der Waals surface area contributed by atoms with Crippen molar-refractivity contribution in [1.29, 1.82) is 0 Å². The summed E-state index contributed by atoms with van der Waals surface area (Å²) in [5.74, 6) is 1.43. The van der Waals surface area contributed by atoms with Crippen molar-refractivity contribution in [3.63, 3.8) is 0 Å². The van der Waals surface area contributed by atoms with Gasteiger partial charge in [-0.15, -0.1) is 0 Å². The molecule has 94 valence electrons. The average Bonchev–Trinajstić information content (AvgIpc) is 3.02. The van der Waals surface area contributed by atoms with Gasteiger partial charge in [-0.25, -0.2) is 0 Å². The number of rotatable bonds is 7. The third kappa shape index (κ3) is 4.84. The molecule has 0 aromatic rings. The maximum atomic E-state index is 5.80. The molecule has 4 nitrogen and oxygen atoms in total. The Bertz CT molecular complexity index is 219. The molecule has 0 spiro atoms. The number of unbranched alkanes of at least 4 members (excludes halogenated alkanes) is 1. The van der Waals surface area contributed by atoms with Crippen molar-refractivity contribution in [2.24, 2.45) is 16.6 Å². The molecule has 0 bridgehead atoms. The maximum absolute atomic E-state index is 5.80. The zero-order chi connectivity index (χ0) is 12.0. The van der Waals surface area contributed by atoms with E-state index < -0.39 is 0 Å². The van der Waals surface area contributed by atoms with Crippen LogP contribution in [0.25, 0.3) is 0 Å². The van der Waals surface area contributed by atoms with E-state index >= 15 is 0 Å². The summed E-state index contributed by atoms with van der Waals surface area (Å²) in [6, 6.07) is 0.562. The Morgan fingerprint density at radius 1 is 1.50 bits per heavy atom. The van der Waals surface area contributed by atoms with Crippen LogP contribution in [0.4, 0.5) is 0 Å². The summed E-state index contributed by atoms with van der Waals surface area (Å²) >= 11 is 0. The minimum absolute atomic E-state index is 0.562. The van der Waals surface area contributed by atoms with Crippen molar-refractivity contribution in [3.8, 4) is 0 Å². The zero-order valence-corrected chi connectivity index (χ0v) is 10.9. The average molecular weight is 226 g/mol. The topological polar surface area (TPSA) is 53.6 Å². The third-order valence-electron chi connectivity index (χ3n) is 3.11. The van der Waals surface area contributed by atoms with Crippen molar-refractivity contribution in [2.75, 3.05) is 27.2 Å². The Morgan fingerprint density at radius 2 is 2.19 bits per heavy atom. The first kappa shape index (κ1) is 13.3. The summed E-state index contributed by atoms with van der Waals surface area (Å²) in [5.41, 5.74) is 5.80. The van der Waals surface area contributed by atoms with Crippen LogP contribution in [-0.2, 0) is 0 Å². The quantitative estimate of drug-likeness (QED) is 0.387. The minimum Gasteiger partial charge on any atom is -0.370 e. The lowest BCUT2D eigenvalue weighted by Crippen LogP contribution is -2.37. The van der Waals surface area contributed by atoms with Crippen molar-refractivity contribution in [1.82, 2.24) is 10.2 Å². The van der Waals surface area contributed by atoms with Gasteiger partial charge in [-0.3, -0.25) is 4.99 Å². The van der Waals surface area contributed by atoms with Crippen LogP contribution in [0.1, 0.15) is 32.6 Å². The van der Waals surface area contributed by atoms with E-state index in [-0.39, 0.29) is 0 Å². The molecule has 0 radical (unpaired) electrons. The molecule has 16 heavy (non-hydrogen) atoms. The Kier molecular flexibility index (Phi) is 5.60. The molecule has 1 rings (SSSR count). The van der Waals surface area contributed by atoms with Crippen LogP contribution in [0.15, 0.2) is 4.99 Å². The molecular formula is C12H26N4. The van der Waals surface area contributed by atoms with Gasteiger partial charge in [-0.2, -0.15) is 0 Å². The van der Waals surface area contributed by atoms with Gasteiger partial charge < -0.3 is 16.0 Å². The van der Waals surface area contributed by atoms with E-state index in [1.807, 2.05) is 0 Å². The molecule has 1 aliphatic rings. The molecule has 4 heteroatoms. The molecular weight excluding hydrogens is 200 g/mol. The Balaban J connectivity index is 2.25. The number of hydrogen-bond donors (Lipinski definition) is 2. The highest BCUT2D eigenvalue weighted by Crippen LogP contribution is 2.34. The van der Waals surface area contributed by atoms with Crippen molar-refractivity contribution >= 4 is 5.96 Å². The number of hydrogen-bond acceptors (Lipinski definition) is 2. The van der Waals surface area contributed by atoms with Gasteiger partial charge in [0.25, 0.3) is 0 Å². The molecule has 1 unspecified atom stereocenters. The van der Waals surface area contributed by atoms with Gasteiger partial charge in [0.2, 0.25) is 0 Å². The van der Waals surface area contributed by atoms with Gasteiger partial charge in [0.05, 0.1) is 6.54 Å². The summed E-state index contributed by atoms with van der Waals surface area (Å²) in [6.07, 6.45) is 5.03.